The van der Waals surface area contributed by atoms with Gasteiger partial charge < -0.3 is 9.84 Å². The van der Waals surface area contributed by atoms with Gasteiger partial charge in [0.1, 0.15) is 11.4 Å². The van der Waals surface area contributed by atoms with Crippen molar-refractivity contribution in [3.05, 3.63) is 58.7 Å². The van der Waals surface area contributed by atoms with Crippen LogP contribution in [0, 0.1) is 11.8 Å². The third-order valence-electron chi connectivity index (χ3n) is 8.58. The summed E-state index contributed by atoms with van der Waals surface area (Å²) in [5.41, 5.74) is -2.16. The third-order valence-corrected chi connectivity index (χ3v) is 10.5. The summed E-state index contributed by atoms with van der Waals surface area (Å²) in [4.78, 5) is 10.3. The minimum absolute atomic E-state index is 0.0474. The van der Waals surface area contributed by atoms with Gasteiger partial charge in [0, 0.05) is 25.9 Å². The summed E-state index contributed by atoms with van der Waals surface area (Å²) in [6.07, 6.45) is -6.91. The number of nitrogens with zero attached hydrogens (tertiary/aromatic N) is 1. The molecule has 41 heavy (non-hydrogen) atoms. The van der Waals surface area contributed by atoms with E-state index in [9.17, 15) is 44.7 Å². The molecular formula is C28H29F6NO5S. The Hall–Kier alpha value is -2.80. The minimum Gasteiger partial charge on any atom is -0.487 e. The molecule has 2 heterocycles. The topological polar surface area (TPSA) is 83.9 Å². The maximum atomic E-state index is 13.6. The van der Waals surface area contributed by atoms with E-state index in [1.54, 1.807) is 6.92 Å². The van der Waals surface area contributed by atoms with Gasteiger partial charge in [-0.25, -0.2) is 8.42 Å². The van der Waals surface area contributed by atoms with Crippen molar-refractivity contribution in [2.45, 2.75) is 74.2 Å². The molecule has 1 saturated carbocycles. The van der Waals surface area contributed by atoms with E-state index in [4.69, 9.17) is 4.74 Å². The first kappa shape index (κ1) is 29.7. The van der Waals surface area contributed by atoms with Gasteiger partial charge in [0.2, 0.25) is 10.0 Å². The third kappa shape index (κ3) is 5.79. The number of aliphatic carboxylic acids is 1. The van der Waals surface area contributed by atoms with Crippen LogP contribution < -0.4 is 4.74 Å². The maximum absolute atomic E-state index is 13.6. The molecule has 13 heteroatoms. The molecule has 0 bridgehead atoms. The molecular weight excluding hydrogens is 576 g/mol. The Bertz CT molecular complexity index is 1440. The summed E-state index contributed by atoms with van der Waals surface area (Å²) in [6.45, 7) is 1.22. The number of carboxylic acids is 1. The first-order valence-corrected chi connectivity index (χ1v) is 14.8. The number of piperidine rings is 1. The van der Waals surface area contributed by atoms with Crippen LogP contribution in [-0.4, -0.2) is 42.5 Å². The second-order valence-corrected chi connectivity index (χ2v) is 13.2. The standard InChI is InChI=1S/C28H29F6NO5S/c1-16(25(36)37)24(18-3-4-18)19-5-2-17-8-9-26(40-22(17)14-19)10-12-35(13-11-26)41(38,39)23-15-20(27(29,30)31)6-7-21(23)28(32,33)34/h2,5-7,14-16,18,24H,3-4,8-13H2,1H3,(H,36,37). The van der Waals surface area contributed by atoms with Crippen LogP contribution in [-0.2, 0) is 33.6 Å². The highest BCUT2D eigenvalue weighted by molar-refractivity contribution is 7.89. The van der Waals surface area contributed by atoms with E-state index in [0.29, 0.717) is 18.6 Å². The van der Waals surface area contributed by atoms with Crippen LogP contribution in [0.3, 0.4) is 0 Å². The molecule has 0 aromatic heterocycles. The predicted octanol–water partition coefficient (Wildman–Crippen LogP) is 6.49. The molecule has 0 radical (unpaired) electrons. The SMILES string of the molecule is CC(C(=O)O)C(c1ccc2c(c1)OC1(CC2)CCN(S(=O)(=O)c2cc(C(F)(F)F)ccc2C(F)(F)F)CC1)C1CC1. The van der Waals surface area contributed by atoms with E-state index in [1.165, 1.54) is 0 Å². The first-order chi connectivity index (χ1) is 19.0. The molecule has 2 aromatic rings. The maximum Gasteiger partial charge on any atom is 0.417 e. The van der Waals surface area contributed by atoms with Crippen LogP contribution in [0.2, 0.25) is 0 Å². The van der Waals surface area contributed by atoms with Crippen molar-refractivity contribution < 1.29 is 49.4 Å². The molecule has 3 aliphatic rings. The van der Waals surface area contributed by atoms with E-state index < -0.39 is 55.9 Å². The van der Waals surface area contributed by atoms with Crippen molar-refractivity contribution in [3.8, 4) is 5.75 Å². The lowest BCUT2D eigenvalue weighted by molar-refractivity contribution is -0.143. The van der Waals surface area contributed by atoms with Crippen LogP contribution in [0.5, 0.6) is 5.75 Å². The van der Waals surface area contributed by atoms with Crippen molar-refractivity contribution in [2.24, 2.45) is 11.8 Å². The number of rotatable bonds is 6. The Morgan fingerprint density at radius 2 is 1.66 bits per heavy atom. The molecule has 0 amide bonds. The minimum atomic E-state index is -5.17. The zero-order chi connectivity index (χ0) is 30.0. The van der Waals surface area contributed by atoms with E-state index in [1.807, 2.05) is 18.2 Å². The van der Waals surface area contributed by atoms with Gasteiger partial charge in [-0.05, 0) is 72.9 Å². The Morgan fingerprint density at radius 1 is 1.00 bits per heavy atom. The van der Waals surface area contributed by atoms with Crippen LogP contribution >= 0.6 is 0 Å². The number of carbonyl (C=O) groups is 1. The van der Waals surface area contributed by atoms with Crippen LogP contribution in [0.4, 0.5) is 26.3 Å². The van der Waals surface area contributed by atoms with Gasteiger partial charge in [-0.3, -0.25) is 4.79 Å². The number of aryl methyl sites for hydroxylation is 1. The number of fused-ring (bicyclic) bond motifs is 1. The smallest absolute Gasteiger partial charge is 0.417 e. The molecule has 6 nitrogen and oxygen atoms in total. The lowest BCUT2D eigenvalue weighted by atomic mass is 9.80. The molecule has 2 aliphatic heterocycles. The Balaban J connectivity index is 1.37. The van der Waals surface area contributed by atoms with Crippen molar-refractivity contribution in [3.63, 3.8) is 0 Å². The van der Waals surface area contributed by atoms with Gasteiger partial charge in [-0.2, -0.15) is 30.6 Å². The molecule has 1 aliphatic carbocycles. The zero-order valence-electron chi connectivity index (χ0n) is 22.1. The Kier molecular flexibility index (Phi) is 7.37. The molecule has 1 N–H and O–H groups in total. The second kappa shape index (κ2) is 10.2. The zero-order valence-corrected chi connectivity index (χ0v) is 22.9. The van der Waals surface area contributed by atoms with E-state index in [0.717, 1.165) is 28.3 Å². The summed E-state index contributed by atoms with van der Waals surface area (Å²) < 4.78 is 114. The fourth-order valence-corrected chi connectivity index (χ4v) is 7.76. The molecule has 2 fully saturated rings. The molecule has 1 spiro atoms. The van der Waals surface area contributed by atoms with Crippen molar-refractivity contribution in [1.82, 2.24) is 4.31 Å². The van der Waals surface area contributed by atoms with Gasteiger partial charge >= 0.3 is 18.3 Å². The molecule has 224 valence electrons. The number of hydrogen-bond donors (Lipinski definition) is 1. The average molecular weight is 606 g/mol. The van der Waals surface area contributed by atoms with Crippen molar-refractivity contribution in [1.29, 1.82) is 0 Å². The quantitative estimate of drug-likeness (QED) is 0.381. The second-order valence-electron chi connectivity index (χ2n) is 11.3. The number of sulfonamides is 1. The number of alkyl halides is 6. The first-order valence-electron chi connectivity index (χ1n) is 13.4. The fraction of sp³-hybridized carbons (Fsp3) is 0.536. The van der Waals surface area contributed by atoms with Gasteiger partial charge in [-0.1, -0.05) is 19.1 Å². The van der Waals surface area contributed by atoms with Crippen molar-refractivity contribution >= 4 is 16.0 Å². The van der Waals surface area contributed by atoms with Gasteiger partial charge in [0.15, 0.2) is 0 Å². The number of carboxylic acid groups (broad SMARTS) is 1. The lowest BCUT2D eigenvalue weighted by Crippen LogP contribution is -2.51. The Morgan fingerprint density at radius 3 is 2.22 bits per heavy atom. The number of halogens is 6. The summed E-state index contributed by atoms with van der Waals surface area (Å²) in [6, 6.07) is 6.10. The summed E-state index contributed by atoms with van der Waals surface area (Å²) in [7, 11) is -4.91. The van der Waals surface area contributed by atoms with Gasteiger partial charge in [-0.15, -0.1) is 0 Å². The molecule has 2 aromatic carbocycles. The largest absolute Gasteiger partial charge is 0.487 e. The predicted molar refractivity (Wildman–Crippen MR) is 135 cm³/mol. The van der Waals surface area contributed by atoms with Crippen LogP contribution in [0.25, 0.3) is 0 Å². The highest BCUT2D eigenvalue weighted by Crippen LogP contribution is 2.49. The normalized spacial score (nSPS) is 21.1. The highest BCUT2D eigenvalue weighted by atomic mass is 32.2. The lowest BCUT2D eigenvalue weighted by Gasteiger charge is -2.44. The Labute approximate surface area is 233 Å². The van der Waals surface area contributed by atoms with Crippen LogP contribution in [0.1, 0.15) is 67.2 Å². The summed E-state index contributed by atoms with van der Waals surface area (Å²) in [5.74, 6) is -0.821. The molecule has 2 atom stereocenters. The number of hydrogen-bond acceptors (Lipinski definition) is 4. The van der Waals surface area contributed by atoms with Crippen molar-refractivity contribution in [2.75, 3.05) is 13.1 Å². The highest BCUT2D eigenvalue weighted by Gasteiger charge is 2.46. The molecule has 5 rings (SSSR count). The molecule has 2 unspecified atom stereocenters. The van der Waals surface area contributed by atoms with E-state index in [-0.39, 0.29) is 56.0 Å². The summed E-state index contributed by atoms with van der Waals surface area (Å²) in [5, 5.41) is 9.61. The summed E-state index contributed by atoms with van der Waals surface area (Å²) >= 11 is 0. The number of benzene rings is 2. The molecule has 1 saturated heterocycles. The number of ether oxygens (including phenoxy) is 1. The van der Waals surface area contributed by atoms with E-state index >= 15 is 0 Å². The van der Waals surface area contributed by atoms with E-state index in [2.05, 4.69) is 0 Å². The average Bonchev–Trinajstić information content (AvgIpc) is 3.72. The fourth-order valence-electron chi connectivity index (χ4n) is 6.08. The van der Waals surface area contributed by atoms with Gasteiger partial charge in [0.05, 0.1) is 21.9 Å². The van der Waals surface area contributed by atoms with Crippen LogP contribution in [0.15, 0.2) is 41.3 Å². The monoisotopic (exact) mass is 605 g/mol. The van der Waals surface area contributed by atoms with Gasteiger partial charge in [0.25, 0.3) is 0 Å².